The molecule has 0 saturated carbocycles. The van der Waals surface area contributed by atoms with Gasteiger partial charge in [-0.15, -0.1) is 0 Å². The highest BCUT2D eigenvalue weighted by atomic mass is 16.5. The minimum atomic E-state index is 0.192. The fourth-order valence-electron chi connectivity index (χ4n) is 1.11. The molecule has 0 unspecified atom stereocenters. The molecule has 0 aliphatic heterocycles. The summed E-state index contributed by atoms with van der Waals surface area (Å²) in [5, 5.41) is 9.49. The molecule has 0 saturated heterocycles. The zero-order valence-corrected chi connectivity index (χ0v) is 7.95. The predicted molar refractivity (Wildman–Crippen MR) is 54.0 cm³/mol. The molecule has 0 heterocycles. The Morgan fingerprint density at radius 3 is 2.77 bits per heavy atom. The molecule has 1 aromatic carbocycles. The van der Waals surface area contributed by atoms with Crippen LogP contribution >= 0.6 is 0 Å². The Labute approximate surface area is 78.5 Å². The van der Waals surface area contributed by atoms with E-state index in [1.54, 1.807) is 12.1 Å². The maximum atomic E-state index is 9.49. The minimum Gasteiger partial charge on any atom is -0.504 e. The van der Waals surface area contributed by atoms with Crippen molar-refractivity contribution in [3.05, 3.63) is 29.8 Å². The molecule has 1 rings (SSSR count). The van der Waals surface area contributed by atoms with Crippen LogP contribution in [0.2, 0.25) is 0 Å². The van der Waals surface area contributed by atoms with Gasteiger partial charge >= 0.3 is 0 Å². The molecule has 0 aromatic heterocycles. The quantitative estimate of drug-likeness (QED) is 0.771. The number of phenolic OH excluding ortho intramolecular Hbond substituents is 1. The maximum Gasteiger partial charge on any atom is 0.160 e. The zero-order valence-electron chi connectivity index (χ0n) is 7.95. The Bertz CT molecular complexity index is 303. The van der Waals surface area contributed by atoms with E-state index in [-0.39, 0.29) is 5.75 Å². The minimum absolute atomic E-state index is 0.192. The number of hydrogen-bond acceptors (Lipinski definition) is 2. The molecular formula is C11H14O2. The van der Waals surface area contributed by atoms with E-state index >= 15 is 0 Å². The van der Waals surface area contributed by atoms with Crippen LogP contribution in [0, 0.1) is 0 Å². The Hall–Kier alpha value is -1.44. The lowest BCUT2D eigenvalue weighted by atomic mass is 10.2. The van der Waals surface area contributed by atoms with Crippen LogP contribution in [0.4, 0.5) is 0 Å². The first-order valence-electron chi connectivity index (χ1n) is 4.36. The lowest BCUT2D eigenvalue weighted by Gasteiger charge is -2.05. The highest BCUT2D eigenvalue weighted by Crippen LogP contribution is 2.27. The third-order valence-corrected chi connectivity index (χ3v) is 1.64. The molecule has 0 atom stereocenters. The zero-order chi connectivity index (χ0) is 9.68. The summed E-state index contributed by atoms with van der Waals surface area (Å²) in [6.07, 6.45) is 3.85. The topological polar surface area (TPSA) is 29.5 Å². The van der Waals surface area contributed by atoms with Crippen molar-refractivity contribution in [2.45, 2.75) is 13.8 Å². The molecule has 0 radical (unpaired) electrons. The summed E-state index contributed by atoms with van der Waals surface area (Å²) in [7, 11) is 0. The lowest BCUT2D eigenvalue weighted by molar-refractivity contribution is 0.318. The number of benzene rings is 1. The van der Waals surface area contributed by atoms with Gasteiger partial charge in [0.25, 0.3) is 0 Å². The first-order chi connectivity index (χ1) is 6.27. The SMILES string of the molecule is CC=Cc1ccc(OCC)c(O)c1. The van der Waals surface area contributed by atoms with E-state index in [1.807, 2.05) is 32.1 Å². The highest BCUT2D eigenvalue weighted by molar-refractivity contribution is 5.55. The van der Waals surface area contributed by atoms with Crippen LogP contribution in [-0.2, 0) is 0 Å². The van der Waals surface area contributed by atoms with Crippen molar-refractivity contribution in [3.63, 3.8) is 0 Å². The van der Waals surface area contributed by atoms with E-state index < -0.39 is 0 Å². The number of hydrogen-bond donors (Lipinski definition) is 1. The van der Waals surface area contributed by atoms with Gasteiger partial charge < -0.3 is 9.84 Å². The van der Waals surface area contributed by atoms with Crippen molar-refractivity contribution in [2.24, 2.45) is 0 Å². The van der Waals surface area contributed by atoms with Crippen molar-refractivity contribution in [2.75, 3.05) is 6.61 Å². The average molecular weight is 178 g/mol. The molecule has 0 spiro atoms. The maximum absolute atomic E-state index is 9.49. The molecule has 2 nitrogen and oxygen atoms in total. The van der Waals surface area contributed by atoms with Gasteiger partial charge in [-0.1, -0.05) is 18.2 Å². The lowest BCUT2D eigenvalue weighted by Crippen LogP contribution is -1.91. The fraction of sp³-hybridized carbons (Fsp3) is 0.273. The predicted octanol–water partition coefficient (Wildman–Crippen LogP) is 2.82. The summed E-state index contributed by atoms with van der Waals surface area (Å²) < 4.78 is 5.20. The van der Waals surface area contributed by atoms with Gasteiger partial charge in [0.1, 0.15) is 0 Å². The number of ether oxygens (including phenoxy) is 1. The van der Waals surface area contributed by atoms with Crippen molar-refractivity contribution in [1.82, 2.24) is 0 Å². The first-order valence-corrected chi connectivity index (χ1v) is 4.36. The largest absolute Gasteiger partial charge is 0.504 e. The normalized spacial score (nSPS) is 10.6. The van der Waals surface area contributed by atoms with E-state index in [1.165, 1.54) is 0 Å². The average Bonchev–Trinajstić information content (AvgIpc) is 2.10. The summed E-state index contributed by atoms with van der Waals surface area (Å²) >= 11 is 0. The summed E-state index contributed by atoms with van der Waals surface area (Å²) in [6.45, 7) is 4.39. The van der Waals surface area contributed by atoms with Crippen LogP contribution in [0.1, 0.15) is 19.4 Å². The number of phenols is 1. The molecule has 2 heteroatoms. The molecule has 0 aliphatic rings. The first kappa shape index (κ1) is 9.65. The van der Waals surface area contributed by atoms with Crippen LogP contribution in [0.15, 0.2) is 24.3 Å². The van der Waals surface area contributed by atoms with Crippen molar-refractivity contribution in [3.8, 4) is 11.5 Å². The number of rotatable bonds is 3. The van der Waals surface area contributed by atoms with E-state index in [0.29, 0.717) is 12.4 Å². The van der Waals surface area contributed by atoms with Gasteiger partial charge in [-0.05, 0) is 31.5 Å². The second-order valence-electron chi connectivity index (χ2n) is 2.66. The standard InChI is InChI=1S/C11H14O2/c1-3-5-9-6-7-11(13-4-2)10(12)8-9/h3,5-8,12H,4H2,1-2H3. The van der Waals surface area contributed by atoms with E-state index in [4.69, 9.17) is 4.74 Å². The summed E-state index contributed by atoms with van der Waals surface area (Å²) in [5.74, 6) is 0.730. The molecule has 1 N–H and O–H groups in total. The monoisotopic (exact) mass is 178 g/mol. The molecule has 13 heavy (non-hydrogen) atoms. The molecular weight excluding hydrogens is 164 g/mol. The van der Waals surface area contributed by atoms with Gasteiger partial charge in [0.15, 0.2) is 11.5 Å². The Balaban J connectivity index is 2.91. The van der Waals surface area contributed by atoms with Gasteiger partial charge in [0.2, 0.25) is 0 Å². The molecule has 70 valence electrons. The number of allylic oxidation sites excluding steroid dienone is 1. The van der Waals surface area contributed by atoms with E-state index in [0.717, 1.165) is 5.56 Å². The van der Waals surface area contributed by atoms with Gasteiger partial charge in [-0.25, -0.2) is 0 Å². The highest BCUT2D eigenvalue weighted by Gasteiger charge is 2.00. The molecule has 0 amide bonds. The third kappa shape index (κ3) is 2.51. The van der Waals surface area contributed by atoms with Crippen molar-refractivity contribution in [1.29, 1.82) is 0 Å². The third-order valence-electron chi connectivity index (χ3n) is 1.64. The number of aromatic hydroxyl groups is 1. The van der Waals surface area contributed by atoms with Crippen LogP contribution in [0.25, 0.3) is 6.08 Å². The Morgan fingerprint density at radius 1 is 1.46 bits per heavy atom. The van der Waals surface area contributed by atoms with Gasteiger partial charge in [0.05, 0.1) is 6.61 Å². The molecule has 0 aliphatic carbocycles. The second-order valence-corrected chi connectivity index (χ2v) is 2.66. The van der Waals surface area contributed by atoms with Crippen molar-refractivity contribution < 1.29 is 9.84 Å². The molecule has 1 aromatic rings. The van der Waals surface area contributed by atoms with Crippen LogP contribution < -0.4 is 4.74 Å². The second kappa shape index (κ2) is 4.55. The van der Waals surface area contributed by atoms with E-state index in [9.17, 15) is 5.11 Å². The Kier molecular flexibility index (Phi) is 3.38. The molecule has 0 fully saturated rings. The van der Waals surface area contributed by atoms with Gasteiger partial charge in [-0.2, -0.15) is 0 Å². The summed E-state index contributed by atoms with van der Waals surface area (Å²) in [6, 6.07) is 5.36. The van der Waals surface area contributed by atoms with Crippen LogP contribution in [0.5, 0.6) is 11.5 Å². The van der Waals surface area contributed by atoms with Crippen LogP contribution in [0.3, 0.4) is 0 Å². The van der Waals surface area contributed by atoms with Gasteiger partial charge in [-0.3, -0.25) is 0 Å². The fourth-order valence-corrected chi connectivity index (χ4v) is 1.11. The smallest absolute Gasteiger partial charge is 0.160 e. The molecule has 0 bridgehead atoms. The summed E-state index contributed by atoms with van der Waals surface area (Å²) in [5.41, 5.74) is 0.975. The Morgan fingerprint density at radius 2 is 2.23 bits per heavy atom. The van der Waals surface area contributed by atoms with E-state index in [2.05, 4.69) is 0 Å². The summed E-state index contributed by atoms with van der Waals surface area (Å²) in [4.78, 5) is 0. The van der Waals surface area contributed by atoms with Crippen molar-refractivity contribution >= 4 is 6.08 Å². The van der Waals surface area contributed by atoms with Crippen LogP contribution in [-0.4, -0.2) is 11.7 Å². The van der Waals surface area contributed by atoms with Gasteiger partial charge in [0, 0.05) is 0 Å².